The zero-order chi connectivity index (χ0) is 17.5. The lowest BCUT2D eigenvalue weighted by molar-refractivity contribution is -0.121. The monoisotopic (exact) mass is 389 g/mol. The Hall–Kier alpha value is -1.23. The number of hydrogen-bond acceptors (Lipinski definition) is 4. The van der Waals surface area contributed by atoms with Gasteiger partial charge in [0.05, 0.1) is 6.04 Å². The minimum atomic E-state index is -4.63. The number of ether oxygens (including phenoxy) is 1. The van der Waals surface area contributed by atoms with Gasteiger partial charge in [0.1, 0.15) is 17.9 Å². The number of nitrogens with two attached hydrogens (primary N) is 1. The van der Waals surface area contributed by atoms with Crippen molar-refractivity contribution in [1.82, 2.24) is 9.44 Å². The number of halogens is 4. The second kappa shape index (κ2) is 6.95. The van der Waals surface area contributed by atoms with Gasteiger partial charge in [-0.05, 0) is 32.0 Å². The fourth-order valence-electron chi connectivity index (χ4n) is 2.38. The maximum absolute atomic E-state index is 12.2. The van der Waals surface area contributed by atoms with Crippen molar-refractivity contribution in [2.45, 2.75) is 38.1 Å². The van der Waals surface area contributed by atoms with Gasteiger partial charge in [-0.25, -0.2) is 0 Å². The second-order valence-corrected chi connectivity index (χ2v) is 7.50. The molecule has 1 aliphatic rings. The molecule has 0 aliphatic carbocycles. The van der Waals surface area contributed by atoms with E-state index in [2.05, 4.69) is 4.72 Å². The summed E-state index contributed by atoms with van der Waals surface area (Å²) in [6, 6.07) is 4.01. The number of benzene rings is 1. The predicted octanol–water partition coefficient (Wildman–Crippen LogP) is 2.28. The van der Waals surface area contributed by atoms with Crippen LogP contribution in [0.25, 0.3) is 0 Å². The lowest BCUT2D eigenvalue weighted by atomic mass is 9.90. The molecule has 138 valence electrons. The Morgan fingerprint density at radius 1 is 1.38 bits per heavy atom. The summed E-state index contributed by atoms with van der Waals surface area (Å²) >= 11 is 0. The highest BCUT2D eigenvalue weighted by molar-refractivity contribution is 7.87. The number of hydrogen-bond donors (Lipinski definition) is 3. The van der Waals surface area contributed by atoms with Crippen LogP contribution in [0.4, 0.5) is 18.9 Å². The van der Waals surface area contributed by atoms with Crippen LogP contribution in [0.15, 0.2) is 18.2 Å². The van der Waals surface area contributed by atoms with E-state index in [4.69, 9.17) is 10.5 Å². The first-order chi connectivity index (χ1) is 10.4. The van der Waals surface area contributed by atoms with Crippen molar-refractivity contribution in [2.24, 2.45) is 0 Å². The first kappa shape index (κ1) is 20.8. The normalized spacial score (nSPS) is 19.8. The fraction of sp³-hybridized carbons (Fsp3) is 0.538. The topological polar surface area (TPSA) is 93.5 Å². The fourth-order valence-corrected chi connectivity index (χ4v) is 3.41. The van der Waals surface area contributed by atoms with Crippen molar-refractivity contribution < 1.29 is 26.3 Å². The summed E-state index contributed by atoms with van der Waals surface area (Å²) < 4.78 is 69.7. The average Bonchev–Trinajstić information content (AvgIpc) is 2.35. The molecule has 6 nitrogen and oxygen atoms in total. The van der Waals surface area contributed by atoms with Crippen LogP contribution in [-0.4, -0.2) is 26.7 Å². The third kappa shape index (κ3) is 5.69. The van der Waals surface area contributed by atoms with Gasteiger partial charge >= 0.3 is 6.18 Å². The number of nitrogens with one attached hydrogen (secondary N) is 2. The Morgan fingerprint density at radius 3 is 2.58 bits per heavy atom. The molecule has 0 amide bonds. The molecule has 11 heteroatoms. The van der Waals surface area contributed by atoms with Gasteiger partial charge in [0.2, 0.25) is 0 Å². The number of fused-ring (bicyclic) bond motifs is 1. The van der Waals surface area contributed by atoms with E-state index in [0.717, 1.165) is 0 Å². The quantitative estimate of drug-likeness (QED) is 0.689. The summed E-state index contributed by atoms with van der Waals surface area (Å²) in [7, 11) is -4.34. The Kier molecular flexibility index (Phi) is 6.02. The van der Waals surface area contributed by atoms with Crippen molar-refractivity contribution in [3.8, 4) is 5.75 Å². The van der Waals surface area contributed by atoms with E-state index in [1.54, 1.807) is 32.0 Å². The van der Waals surface area contributed by atoms with E-state index >= 15 is 0 Å². The van der Waals surface area contributed by atoms with Gasteiger partial charge in [0.25, 0.3) is 10.2 Å². The van der Waals surface area contributed by atoms with E-state index in [9.17, 15) is 21.6 Å². The van der Waals surface area contributed by atoms with Crippen LogP contribution in [0, 0.1) is 0 Å². The average molecular weight is 390 g/mol. The smallest absolute Gasteiger partial charge is 0.402 e. The van der Waals surface area contributed by atoms with Gasteiger partial charge in [-0.3, -0.25) is 0 Å². The molecule has 0 saturated carbocycles. The zero-order valence-electron chi connectivity index (χ0n) is 13.0. The molecule has 0 radical (unpaired) electrons. The van der Waals surface area contributed by atoms with Crippen LogP contribution in [0.5, 0.6) is 5.75 Å². The Morgan fingerprint density at radius 2 is 2.00 bits per heavy atom. The molecule has 0 bridgehead atoms. The highest BCUT2D eigenvalue weighted by Gasteiger charge is 2.37. The highest BCUT2D eigenvalue weighted by Crippen LogP contribution is 2.40. The number of anilines is 1. The van der Waals surface area contributed by atoms with Gasteiger partial charge in [0, 0.05) is 17.7 Å². The van der Waals surface area contributed by atoms with Crippen LogP contribution in [-0.2, 0) is 10.2 Å². The van der Waals surface area contributed by atoms with Crippen molar-refractivity contribution in [2.75, 3.05) is 12.3 Å². The van der Waals surface area contributed by atoms with Crippen LogP contribution >= 0.6 is 12.4 Å². The molecule has 1 atom stereocenters. The van der Waals surface area contributed by atoms with Crippen LogP contribution < -0.4 is 19.9 Å². The van der Waals surface area contributed by atoms with Crippen LogP contribution in [0.1, 0.15) is 31.9 Å². The molecule has 1 heterocycles. The largest absolute Gasteiger partial charge is 0.487 e. The van der Waals surface area contributed by atoms with Crippen molar-refractivity contribution in [1.29, 1.82) is 0 Å². The number of nitrogen functional groups attached to an aromatic ring is 1. The van der Waals surface area contributed by atoms with Gasteiger partial charge in [-0.15, -0.1) is 12.4 Å². The molecule has 0 aromatic heterocycles. The summed E-state index contributed by atoms with van der Waals surface area (Å²) in [5, 5.41) is 0. The lowest BCUT2D eigenvalue weighted by Gasteiger charge is -2.37. The molecular formula is C13H19ClF3N3O3S. The second-order valence-electron chi connectivity index (χ2n) is 5.97. The highest BCUT2D eigenvalue weighted by atomic mass is 35.5. The van der Waals surface area contributed by atoms with Gasteiger partial charge in [-0.1, -0.05) is 0 Å². The van der Waals surface area contributed by atoms with E-state index < -0.39 is 34.6 Å². The SMILES string of the molecule is CC1(C)CC(NS(=O)(=O)NCC(F)(F)F)c2cc(N)ccc2O1.Cl. The van der Waals surface area contributed by atoms with Gasteiger partial charge in [0.15, 0.2) is 0 Å². The number of alkyl halides is 3. The molecular weight excluding hydrogens is 371 g/mol. The summed E-state index contributed by atoms with van der Waals surface area (Å²) in [4.78, 5) is 0. The van der Waals surface area contributed by atoms with Gasteiger partial charge in [-0.2, -0.15) is 31.0 Å². The Bertz CT molecular complexity index is 695. The van der Waals surface area contributed by atoms with E-state index in [1.165, 1.54) is 4.72 Å². The van der Waals surface area contributed by atoms with Crippen molar-refractivity contribution in [3.05, 3.63) is 23.8 Å². The van der Waals surface area contributed by atoms with E-state index in [-0.39, 0.29) is 18.8 Å². The molecule has 0 fully saturated rings. The molecule has 24 heavy (non-hydrogen) atoms. The molecule has 0 saturated heterocycles. The zero-order valence-corrected chi connectivity index (χ0v) is 14.6. The predicted molar refractivity (Wildman–Crippen MR) is 86.3 cm³/mol. The standard InChI is InChI=1S/C13H18F3N3O3S.ClH/c1-12(2)6-10(9-5-8(17)3-4-11(9)22-12)19-23(20,21)18-7-13(14,15)16;/h3-5,10,18-19H,6-7,17H2,1-2H3;1H. The summed E-state index contributed by atoms with van der Waals surface area (Å²) in [5.74, 6) is 0.443. The third-order valence-corrected chi connectivity index (χ3v) is 4.37. The molecule has 1 aromatic rings. The molecule has 1 unspecified atom stereocenters. The van der Waals surface area contributed by atoms with Crippen LogP contribution in [0.3, 0.4) is 0 Å². The Balaban J connectivity index is 0.00000288. The molecule has 1 aromatic carbocycles. The summed E-state index contributed by atoms with van der Waals surface area (Å²) in [5.41, 5.74) is 5.90. The third-order valence-electron chi connectivity index (χ3n) is 3.25. The minimum absolute atomic E-state index is 0. The summed E-state index contributed by atoms with van der Waals surface area (Å²) in [6.07, 6.45) is -4.39. The summed E-state index contributed by atoms with van der Waals surface area (Å²) in [6.45, 7) is 1.88. The van der Waals surface area contributed by atoms with E-state index in [1.807, 2.05) is 0 Å². The van der Waals surface area contributed by atoms with Crippen molar-refractivity contribution in [3.63, 3.8) is 0 Å². The molecule has 0 spiro atoms. The first-order valence-corrected chi connectivity index (χ1v) is 8.27. The minimum Gasteiger partial charge on any atom is -0.487 e. The van der Waals surface area contributed by atoms with Crippen LogP contribution in [0.2, 0.25) is 0 Å². The lowest BCUT2D eigenvalue weighted by Crippen LogP contribution is -2.46. The molecule has 2 rings (SSSR count). The first-order valence-electron chi connectivity index (χ1n) is 6.79. The van der Waals surface area contributed by atoms with Crippen molar-refractivity contribution >= 4 is 28.3 Å². The van der Waals surface area contributed by atoms with E-state index in [0.29, 0.717) is 17.0 Å². The Labute approximate surface area is 144 Å². The maximum Gasteiger partial charge on any atom is 0.402 e. The molecule has 4 N–H and O–H groups in total. The number of rotatable bonds is 4. The van der Waals surface area contributed by atoms with Gasteiger partial charge < -0.3 is 10.5 Å². The molecule has 1 aliphatic heterocycles. The maximum atomic E-state index is 12.2.